The molecule has 1 heterocycles. The third-order valence-electron chi connectivity index (χ3n) is 6.99. The van der Waals surface area contributed by atoms with Crippen LogP contribution in [-0.2, 0) is 4.79 Å². The average molecular weight is 495 g/mol. The topological polar surface area (TPSA) is 55.1 Å². The van der Waals surface area contributed by atoms with Crippen LogP contribution in [-0.4, -0.2) is 27.0 Å². The van der Waals surface area contributed by atoms with Crippen molar-refractivity contribution < 1.29 is 9.90 Å². The predicted octanol–water partition coefficient (Wildman–Crippen LogP) is 6.15. The van der Waals surface area contributed by atoms with E-state index in [2.05, 4.69) is 95.0 Å². The summed E-state index contributed by atoms with van der Waals surface area (Å²) in [7, 11) is -2.34. The van der Waals surface area contributed by atoms with Gasteiger partial charge >= 0.3 is 212 Å². The number of aromatic nitrogens is 2. The fourth-order valence-corrected chi connectivity index (χ4v) is 10.6. The molecule has 3 rings (SSSR count). The van der Waals surface area contributed by atoms with E-state index in [1.165, 1.54) is 38.2 Å². The molecule has 0 atom stereocenters. The van der Waals surface area contributed by atoms with Crippen LogP contribution >= 0.6 is 7.26 Å². The predicted molar refractivity (Wildman–Crippen MR) is 152 cm³/mol. The van der Waals surface area contributed by atoms with Crippen molar-refractivity contribution in [2.45, 2.75) is 86.1 Å². The van der Waals surface area contributed by atoms with Gasteiger partial charge in [-0.25, -0.2) is 0 Å². The molecule has 0 bridgehead atoms. The molecule has 4 nitrogen and oxygen atoms in total. The van der Waals surface area contributed by atoms with E-state index in [1.807, 2.05) is 0 Å². The average Bonchev–Trinajstić information content (AvgIpc) is 3.25. The second kappa shape index (κ2) is 12.0. The van der Waals surface area contributed by atoms with Gasteiger partial charge in [0.1, 0.15) is 0 Å². The number of carboxylic acids is 1. The zero-order valence-electron chi connectivity index (χ0n) is 22.4. The molecule has 3 aromatic rings. The molecule has 2 aromatic carbocycles. The Labute approximate surface area is 212 Å². The molecule has 1 aromatic heterocycles. The first kappa shape index (κ1) is 27.1. The number of aryl methyl sites for hydroxylation is 4. The van der Waals surface area contributed by atoms with E-state index in [-0.39, 0.29) is 6.42 Å². The summed E-state index contributed by atoms with van der Waals surface area (Å²) in [6.07, 6.45) is 10.9. The first-order chi connectivity index (χ1) is 16.6. The first-order valence-electron chi connectivity index (χ1n) is 13.1. The maximum atomic E-state index is 10.8. The van der Waals surface area contributed by atoms with E-state index in [1.54, 1.807) is 0 Å². The Hall–Kier alpha value is -2.45. The van der Waals surface area contributed by atoms with Gasteiger partial charge in [-0.05, 0) is 0 Å². The van der Waals surface area contributed by atoms with Gasteiger partial charge in [0.05, 0.1) is 0 Å². The zero-order chi connectivity index (χ0) is 25.6. The molecule has 0 fully saturated rings. The maximum absolute atomic E-state index is 10.8. The fourth-order valence-electron chi connectivity index (χ4n) is 5.41. The Kier molecular flexibility index (Phi) is 9.30. The third-order valence-corrected chi connectivity index (χ3v) is 11.9. The van der Waals surface area contributed by atoms with Crippen LogP contribution in [0.25, 0.3) is 0 Å². The molecule has 0 aliphatic rings. The van der Waals surface area contributed by atoms with Crippen molar-refractivity contribution in [3.05, 3.63) is 71.0 Å². The number of aliphatic carboxylic acids is 1. The molecule has 35 heavy (non-hydrogen) atoms. The molecule has 0 saturated carbocycles. The summed E-state index contributed by atoms with van der Waals surface area (Å²) in [5, 5.41) is 18.0. The monoisotopic (exact) mass is 494 g/mol. The molecule has 0 spiro atoms. The molecular weight excluding hydrogens is 451 g/mol. The van der Waals surface area contributed by atoms with Gasteiger partial charge < -0.3 is 0 Å². The standard InChI is InChI=1S/C30H43N2O2P/c1-22(2)32-21-29(20-31-32)35(27-16-23(3)14-24(4)17-27,28-18-25(5)15-26(6)19-28)13-11-9-7-8-10-12-30(33)34/h14-22,35H,7-13H2,1-6H3,(H,33,34). The Bertz CT molecular complexity index is 1060. The number of rotatable bonds is 12. The van der Waals surface area contributed by atoms with Crippen LogP contribution in [0.4, 0.5) is 0 Å². The van der Waals surface area contributed by atoms with Crippen molar-refractivity contribution >= 4 is 29.1 Å². The molecule has 1 N–H and O–H groups in total. The molecule has 0 aliphatic heterocycles. The molecule has 5 heteroatoms. The SMILES string of the molecule is Cc1cc(C)cc([PH](CCCCCCCC(=O)O)(c2cc(C)cc(C)c2)c2cnn(C(C)C)c2)c1. The van der Waals surface area contributed by atoms with E-state index in [0.29, 0.717) is 6.04 Å². The summed E-state index contributed by atoms with van der Waals surface area (Å²) in [6, 6.07) is 14.5. The van der Waals surface area contributed by atoms with E-state index >= 15 is 0 Å². The Morgan fingerprint density at radius 2 is 1.29 bits per heavy atom. The first-order valence-corrected chi connectivity index (χ1v) is 15.3. The molecule has 0 amide bonds. The summed E-state index contributed by atoms with van der Waals surface area (Å²) < 4.78 is 2.11. The number of unbranched alkanes of at least 4 members (excludes halogenated alkanes) is 4. The van der Waals surface area contributed by atoms with Crippen molar-refractivity contribution in [3.8, 4) is 0 Å². The number of carbonyl (C=O) groups is 1. The van der Waals surface area contributed by atoms with Crippen LogP contribution < -0.4 is 15.9 Å². The fraction of sp³-hybridized carbons (Fsp3) is 0.467. The van der Waals surface area contributed by atoms with Gasteiger partial charge in [0.15, 0.2) is 0 Å². The number of carboxylic acid groups (broad SMARTS) is 1. The van der Waals surface area contributed by atoms with Crippen molar-refractivity contribution in [1.29, 1.82) is 0 Å². The number of nitrogens with zero attached hydrogens (tertiary/aromatic N) is 2. The summed E-state index contributed by atoms with van der Waals surface area (Å²) in [6.45, 7) is 13.2. The number of hydrogen-bond acceptors (Lipinski definition) is 2. The van der Waals surface area contributed by atoms with Crippen molar-refractivity contribution in [2.24, 2.45) is 0 Å². The summed E-state index contributed by atoms with van der Waals surface area (Å²) in [5.41, 5.74) is 5.25. The van der Waals surface area contributed by atoms with Gasteiger partial charge in [-0.2, -0.15) is 0 Å². The second-order valence-electron chi connectivity index (χ2n) is 10.6. The summed E-state index contributed by atoms with van der Waals surface area (Å²) >= 11 is 0. The molecule has 190 valence electrons. The van der Waals surface area contributed by atoms with Crippen LogP contribution in [0.3, 0.4) is 0 Å². The van der Waals surface area contributed by atoms with Crippen LogP contribution in [0.2, 0.25) is 0 Å². The molecule has 0 radical (unpaired) electrons. The zero-order valence-corrected chi connectivity index (χ0v) is 23.4. The second-order valence-corrected chi connectivity index (χ2v) is 14.7. The van der Waals surface area contributed by atoms with E-state index < -0.39 is 13.2 Å². The number of hydrogen-bond donors (Lipinski definition) is 1. The quantitative estimate of drug-likeness (QED) is 0.243. The van der Waals surface area contributed by atoms with Crippen molar-refractivity contribution in [1.82, 2.24) is 9.78 Å². The minimum atomic E-state index is -2.34. The van der Waals surface area contributed by atoms with E-state index in [0.717, 1.165) is 38.3 Å². The van der Waals surface area contributed by atoms with E-state index in [9.17, 15) is 4.79 Å². The van der Waals surface area contributed by atoms with E-state index in [4.69, 9.17) is 10.2 Å². The Balaban J connectivity index is 2.08. The molecule has 0 saturated heterocycles. The summed E-state index contributed by atoms with van der Waals surface area (Å²) in [5.74, 6) is -0.691. The van der Waals surface area contributed by atoms with Gasteiger partial charge in [0, 0.05) is 0 Å². The Morgan fingerprint density at radius 1 is 0.800 bits per heavy atom. The molecular formula is C30H43N2O2P. The van der Waals surface area contributed by atoms with Crippen LogP contribution in [0.1, 0.15) is 80.7 Å². The van der Waals surface area contributed by atoms with Gasteiger partial charge in [-0.3, -0.25) is 0 Å². The normalized spacial score (nSPS) is 12.3. The van der Waals surface area contributed by atoms with Crippen LogP contribution in [0.5, 0.6) is 0 Å². The van der Waals surface area contributed by atoms with Crippen molar-refractivity contribution in [2.75, 3.05) is 6.16 Å². The van der Waals surface area contributed by atoms with Crippen LogP contribution in [0, 0.1) is 27.7 Å². The van der Waals surface area contributed by atoms with Gasteiger partial charge in [0.25, 0.3) is 0 Å². The molecule has 0 unspecified atom stereocenters. The molecule has 0 aliphatic carbocycles. The van der Waals surface area contributed by atoms with Gasteiger partial charge in [-0.1, -0.05) is 0 Å². The van der Waals surface area contributed by atoms with Crippen molar-refractivity contribution in [3.63, 3.8) is 0 Å². The Morgan fingerprint density at radius 3 is 1.74 bits per heavy atom. The van der Waals surface area contributed by atoms with Gasteiger partial charge in [0.2, 0.25) is 0 Å². The number of benzene rings is 2. The van der Waals surface area contributed by atoms with Crippen LogP contribution in [0.15, 0.2) is 48.8 Å². The summed E-state index contributed by atoms with van der Waals surface area (Å²) in [4.78, 5) is 10.8. The third kappa shape index (κ3) is 6.82. The minimum absolute atomic E-state index is 0.276. The van der Waals surface area contributed by atoms with Gasteiger partial charge in [-0.15, -0.1) is 0 Å².